The van der Waals surface area contributed by atoms with E-state index in [-0.39, 0.29) is 23.3 Å². The van der Waals surface area contributed by atoms with Crippen molar-refractivity contribution in [3.8, 4) is 11.5 Å². The predicted octanol–water partition coefficient (Wildman–Crippen LogP) is 3.00. The van der Waals surface area contributed by atoms with Crippen molar-refractivity contribution in [1.29, 1.82) is 0 Å². The minimum absolute atomic E-state index is 0.00162. The summed E-state index contributed by atoms with van der Waals surface area (Å²) in [5, 5.41) is 2.81. The number of rotatable bonds is 8. The Balaban J connectivity index is 2.61. The van der Waals surface area contributed by atoms with Crippen LogP contribution in [0.1, 0.15) is 25.8 Å². The van der Waals surface area contributed by atoms with E-state index >= 15 is 0 Å². The number of amides is 1. The fourth-order valence-electron chi connectivity index (χ4n) is 1.75. The molecule has 6 heteroatoms. The second-order valence-corrected chi connectivity index (χ2v) is 4.71. The third-order valence-electron chi connectivity index (χ3n) is 3.22. The molecule has 1 unspecified atom stereocenters. The molecule has 0 spiro atoms. The Morgan fingerprint density at radius 3 is 2.62 bits per heavy atom. The Kier molecular flexibility index (Phi) is 6.91. The van der Waals surface area contributed by atoms with Gasteiger partial charge in [-0.05, 0) is 30.5 Å². The van der Waals surface area contributed by atoms with Crippen LogP contribution in [0.4, 0.5) is 8.78 Å². The number of nitrogens with one attached hydrogen (secondary N) is 1. The van der Waals surface area contributed by atoms with Crippen molar-refractivity contribution in [2.75, 3.05) is 13.7 Å². The largest absolute Gasteiger partial charge is 0.493 e. The van der Waals surface area contributed by atoms with Gasteiger partial charge in [-0.15, -0.1) is 0 Å². The van der Waals surface area contributed by atoms with Gasteiger partial charge in [0.25, 0.3) is 0 Å². The standard InChI is InChI=1S/C15H21F2NO3/c1-4-10(2)14(19)18-8-7-11-5-6-12(20-3)13(9-11)21-15(16)17/h5-6,9-10,15H,4,7-8H2,1-3H3,(H,18,19). The van der Waals surface area contributed by atoms with Crippen LogP contribution in [0, 0.1) is 5.92 Å². The van der Waals surface area contributed by atoms with Gasteiger partial charge >= 0.3 is 6.61 Å². The summed E-state index contributed by atoms with van der Waals surface area (Å²) in [5.74, 6) is 0.217. The molecule has 1 aromatic carbocycles. The van der Waals surface area contributed by atoms with Crippen molar-refractivity contribution in [2.24, 2.45) is 5.92 Å². The summed E-state index contributed by atoms with van der Waals surface area (Å²) in [4.78, 5) is 11.6. The molecule has 0 saturated carbocycles. The van der Waals surface area contributed by atoms with E-state index in [9.17, 15) is 13.6 Å². The molecule has 0 aliphatic rings. The first kappa shape index (κ1) is 17.2. The molecular formula is C15H21F2NO3. The monoisotopic (exact) mass is 301 g/mol. The number of methoxy groups -OCH3 is 1. The van der Waals surface area contributed by atoms with Gasteiger partial charge in [0, 0.05) is 12.5 Å². The molecule has 1 rings (SSSR count). The lowest BCUT2D eigenvalue weighted by molar-refractivity contribution is -0.124. The number of carbonyl (C=O) groups excluding carboxylic acids is 1. The number of carbonyl (C=O) groups is 1. The Hall–Kier alpha value is -1.85. The van der Waals surface area contributed by atoms with E-state index in [2.05, 4.69) is 10.1 Å². The Morgan fingerprint density at radius 2 is 2.05 bits per heavy atom. The van der Waals surface area contributed by atoms with E-state index in [1.807, 2.05) is 13.8 Å². The van der Waals surface area contributed by atoms with Crippen LogP contribution in [0.2, 0.25) is 0 Å². The molecular weight excluding hydrogens is 280 g/mol. The number of halogens is 2. The number of benzene rings is 1. The summed E-state index contributed by atoms with van der Waals surface area (Å²) < 4.78 is 34.0. The van der Waals surface area contributed by atoms with Crippen molar-refractivity contribution < 1.29 is 23.0 Å². The Labute approximate surface area is 123 Å². The van der Waals surface area contributed by atoms with Crippen LogP contribution in [0.15, 0.2) is 18.2 Å². The second kappa shape index (κ2) is 8.44. The van der Waals surface area contributed by atoms with Crippen LogP contribution in [-0.2, 0) is 11.2 Å². The topological polar surface area (TPSA) is 47.6 Å². The zero-order valence-corrected chi connectivity index (χ0v) is 12.5. The molecule has 1 atom stereocenters. The third-order valence-corrected chi connectivity index (χ3v) is 3.22. The van der Waals surface area contributed by atoms with E-state index in [0.717, 1.165) is 12.0 Å². The second-order valence-electron chi connectivity index (χ2n) is 4.71. The van der Waals surface area contributed by atoms with Gasteiger partial charge in [-0.25, -0.2) is 0 Å². The first-order valence-corrected chi connectivity index (χ1v) is 6.87. The molecule has 1 amide bonds. The smallest absolute Gasteiger partial charge is 0.387 e. The Morgan fingerprint density at radius 1 is 1.33 bits per heavy atom. The number of hydrogen-bond acceptors (Lipinski definition) is 3. The molecule has 1 aromatic rings. The predicted molar refractivity (Wildman–Crippen MR) is 75.8 cm³/mol. The third kappa shape index (κ3) is 5.57. The minimum Gasteiger partial charge on any atom is -0.493 e. The van der Waals surface area contributed by atoms with Crippen LogP contribution in [0.25, 0.3) is 0 Å². The van der Waals surface area contributed by atoms with Gasteiger partial charge in [-0.1, -0.05) is 19.9 Å². The number of alkyl halides is 2. The van der Waals surface area contributed by atoms with E-state index in [1.165, 1.54) is 13.2 Å². The fraction of sp³-hybridized carbons (Fsp3) is 0.533. The lowest BCUT2D eigenvalue weighted by Gasteiger charge is -2.12. The van der Waals surface area contributed by atoms with Crippen molar-refractivity contribution >= 4 is 5.91 Å². The van der Waals surface area contributed by atoms with Gasteiger partial charge in [-0.3, -0.25) is 4.79 Å². The first-order chi connectivity index (χ1) is 9.97. The summed E-state index contributed by atoms with van der Waals surface area (Å²) in [5.41, 5.74) is 0.788. The molecule has 0 aliphatic heterocycles. The zero-order valence-electron chi connectivity index (χ0n) is 12.5. The Bertz CT molecular complexity index is 466. The van der Waals surface area contributed by atoms with Crippen molar-refractivity contribution in [3.63, 3.8) is 0 Å². The van der Waals surface area contributed by atoms with Gasteiger partial charge < -0.3 is 14.8 Å². The molecule has 0 heterocycles. The summed E-state index contributed by atoms with van der Waals surface area (Å²) in [7, 11) is 1.39. The molecule has 0 fully saturated rings. The summed E-state index contributed by atoms with van der Waals surface area (Å²) >= 11 is 0. The van der Waals surface area contributed by atoms with Gasteiger partial charge in [0.2, 0.25) is 5.91 Å². The maximum absolute atomic E-state index is 12.3. The highest BCUT2D eigenvalue weighted by Gasteiger charge is 2.12. The van der Waals surface area contributed by atoms with Crippen LogP contribution in [-0.4, -0.2) is 26.2 Å². The molecule has 21 heavy (non-hydrogen) atoms. The van der Waals surface area contributed by atoms with Crippen LogP contribution in [0.5, 0.6) is 11.5 Å². The summed E-state index contributed by atoms with van der Waals surface area (Å²) in [6.45, 7) is 1.35. The highest BCUT2D eigenvalue weighted by molar-refractivity contribution is 5.78. The summed E-state index contributed by atoms with van der Waals surface area (Å²) in [6.07, 6.45) is 1.31. The van der Waals surface area contributed by atoms with E-state index in [0.29, 0.717) is 13.0 Å². The van der Waals surface area contributed by atoms with Crippen LogP contribution < -0.4 is 14.8 Å². The highest BCUT2D eigenvalue weighted by Crippen LogP contribution is 2.29. The number of ether oxygens (including phenoxy) is 2. The molecule has 4 nitrogen and oxygen atoms in total. The molecule has 0 aromatic heterocycles. The molecule has 118 valence electrons. The van der Waals surface area contributed by atoms with Gasteiger partial charge in [-0.2, -0.15) is 8.78 Å². The fourth-order valence-corrected chi connectivity index (χ4v) is 1.75. The molecule has 0 bridgehead atoms. The zero-order chi connectivity index (χ0) is 15.8. The van der Waals surface area contributed by atoms with Gasteiger partial charge in [0.15, 0.2) is 11.5 Å². The maximum atomic E-state index is 12.3. The van der Waals surface area contributed by atoms with Crippen molar-refractivity contribution in [1.82, 2.24) is 5.32 Å². The molecule has 1 N–H and O–H groups in total. The lowest BCUT2D eigenvalue weighted by Crippen LogP contribution is -2.30. The molecule has 0 radical (unpaired) electrons. The first-order valence-electron chi connectivity index (χ1n) is 6.87. The quantitative estimate of drug-likeness (QED) is 0.803. The maximum Gasteiger partial charge on any atom is 0.387 e. The SMILES string of the molecule is CCC(C)C(=O)NCCc1ccc(OC)c(OC(F)F)c1. The average molecular weight is 301 g/mol. The van der Waals surface area contributed by atoms with Crippen molar-refractivity contribution in [3.05, 3.63) is 23.8 Å². The van der Waals surface area contributed by atoms with E-state index in [1.54, 1.807) is 12.1 Å². The van der Waals surface area contributed by atoms with Crippen LogP contribution in [0.3, 0.4) is 0 Å². The van der Waals surface area contributed by atoms with Gasteiger partial charge in [0.05, 0.1) is 7.11 Å². The van der Waals surface area contributed by atoms with Crippen LogP contribution >= 0.6 is 0 Å². The van der Waals surface area contributed by atoms with Crippen molar-refractivity contribution in [2.45, 2.75) is 33.3 Å². The lowest BCUT2D eigenvalue weighted by atomic mass is 10.1. The van der Waals surface area contributed by atoms with E-state index < -0.39 is 6.61 Å². The van der Waals surface area contributed by atoms with E-state index in [4.69, 9.17) is 4.74 Å². The molecule has 0 saturated heterocycles. The molecule has 0 aliphatic carbocycles. The highest BCUT2D eigenvalue weighted by atomic mass is 19.3. The number of hydrogen-bond donors (Lipinski definition) is 1. The average Bonchev–Trinajstić information content (AvgIpc) is 2.46. The van der Waals surface area contributed by atoms with Gasteiger partial charge in [0.1, 0.15) is 0 Å². The summed E-state index contributed by atoms with van der Waals surface area (Å²) in [6, 6.07) is 4.83. The minimum atomic E-state index is -2.90. The normalized spacial score (nSPS) is 12.1.